The maximum Gasteiger partial charge on any atom is 0.257 e. The number of anilines is 1. The summed E-state index contributed by atoms with van der Waals surface area (Å²) in [7, 11) is 0. The summed E-state index contributed by atoms with van der Waals surface area (Å²) in [6.07, 6.45) is 4.70. The number of nitrogens with one attached hydrogen (secondary N) is 1. The van der Waals surface area contributed by atoms with Crippen molar-refractivity contribution >= 4 is 22.5 Å². The maximum atomic E-state index is 12.9. The second-order valence-corrected chi connectivity index (χ2v) is 6.18. The fraction of sp³-hybridized carbons (Fsp3) is 0.100. The summed E-state index contributed by atoms with van der Waals surface area (Å²) in [5.74, 6) is 0.320. The highest BCUT2D eigenvalue weighted by Gasteiger charge is 2.14. The number of amides is 1. The van der Waals surface area contributed by atoms with Crippen LogP contribution in [0.2, 0.25) is 0 Å². The molecule has 6 heteroatoms. The van der Waals surface area contributed by atoms with Gasteiger partial charge in [0.2, 0.25) is 0 Å². The zero-order valence-corrected chi connectivity index (χ0v) is 14.5. The van der Waals surface area contributed by atoms with Gasteiger partial charge in [0.15, 0.2) is 0 Å². The van der Waals surface area contributed by atoms with E-state index in [2.05, 4.69) is 26.4 Å². The smallest absolute Gasteiger partial charge is 0.257 e. The van der Waals surface area contributed by atoms with Crippen LogP contribution >= 0.6 is 0 Å². The van der Waals surface area contributed by atoms with Crippen molar-refractivity contribution in [2.75, 3.05) is 5.32 Å². The van der Waals surface area contributed by atoms with Crippen molar-refractivity contribution in [2.24, 2.45) is 0 Å². The summed E-state index contributed by atoms with van der Waals surface area (Å²) in [4.78, 5) is 21.1. The van der Waals surface area contributed by atoms with Crippen LogP contribution < -0.4 is 5.32 Å². The first kappa shape index (κ1) is 16.0. The van der Waals surface area contributed by atoms with Crippen LogP contribution in [0.5, 0.6) is 0 Å². The van der Waals surface area contributed by atoms with E-state index in [0.29, 0.717) is 11.4 Å². The molecule has 0 spiro atoms. The Balaban J connectivity index is 1.64. The minimum absolute atomic E-state index is 0.169. The van der Waals surface area contributed by atoms with Gasteiger partial charge in [0.05, 0.1) is 17.4 Å². The van der Waals surface area contributed by atoms with Gasteiger partial charge in [0.25, 0.3) is 5.91 Å². The molecule has 128 valence electrons. The lowest BCUT2D eigenvalue weighted by Crippen LogP contribution is -2.15. The van der Waals surface area contributed by atoms with Gasteiger partial charge < -0.3 is 5.32 Å². The van der Waals surface area contributed by atoms with Crippen molar-refractivity contribution in [2.45, 2.75) is 13.8 Å². The van der Waals surface area contributed by atoms with Crippen LogP contribution in [-0.2, 0) is 0 Å². The lowest BCUT2D eigenvalue weighted by molar-refractivity contribution is 0.102. The van der Waals surface area contributed by atoms with Gasteiger partial charge in [-0.05, 0) is 42.3 Å². The highest BCUT2D eigenvalue weighted by atomic mass is 16.1. The third-order valence-corrected chi connectivity index (χ3v) is 4.28. The Morgan fingerprint density at radius 1 is 1.08 bits per heavy atom. The summed E-state index contributed by atoms with van der Waals surface area (Å²) < 4.78 is 1.61. The summed E-state index contributed by atoms with van der Waals surface area (Å²) in [5.41, 5.74) is 3.54. The molecule has 4 rings (SSSR count). The molecule has 6 nitrogen and oxygen atoms in total. The Hall–Kier alpha value is -3.54. The van der Waals surface area contributed by atoms with Crippen molar-refractivity contribution in [3.8, 4) is 5.69 Å². The molecule has 0 unspecified atom stereocenters. The Kier molecular flexibility index (Phi) is 3.93. The molecule has 0 atom stereocenters. The van der Waals surface area contributed by atoms with Gasteiger partial charge in [-0.3, -0.25) is 4.79 Å². The van der Waals surface area contributed by atoms with Gasteiger partial charge >= 0.3 is 0 Å². The minimum Gasteiger partial charge on any atom is -0.307 e. The normalized spacial score (nSPS) is 10.8. The average Bonchev–Trinajstić information content (AvgIpc) is 3.17. The third-order valence-electron chi connectivity index (χ3n) is 4.28. The van der Waals surface area contributed by atoms with E-state index in [1.165, 1.54) is 6.33 Å². The van der Waals surface area contributed by atoms with E-state index in [4.69, 9.17) is 0 Å². The molecule has 0 saturated carbocycles. The van der Waals surface area contributed by atoms with Crippen molar-refractivity contribution in [1.29, 1.82) is 0 Å². The lowest BCUT2D eigenvalue weighted by atomic mass is 9.98. The van der Waals surface area contributed by atoms with Gasteiger partial charge in [-0.15, -0.1) is 0 Å². The van der Waals surface area contributed by atoms with Crippen LogP contribution in [0.3, 0.4) is 0 Å². The van der Waals surface area contributed by atoms with Crippen LogP contribution in [-0.4, -0.2) is 25.7 Å². The first-order chi connectivity index (χ1) is 12.6. The van der Waals surface area contributed by atoms with Gasteiger partial charge in [0.1, 0.15) is 18.5 Å². The first-order valence-electron chi connectivity index (χ1n) is 8.24. The Morgan fingerprint density at radius 3 is 2.69 bits per heavy atom. The molecule has 2 heterocycles. The largest absolute Gasteiger partial charge is 0.307 e. The summed E-state index contributed by atoms with van der Waals surface area (Å²) in [5, 5.41) is 8.93. The van der Waals surface area contributed by atoms with Crippen LogP contribution in [0.25, 0.3) is 16.5 Å². The average molecular weight is 343 g/mol. The molecule has 4 aromatic rings. The summed E-state index contributed by atoms with van der Waals surface area (Å²) >= 11 is 0. The molecule has 0 aliphatic carbocycles. The highest BCUT2D eigenvalue weighted by molar-refractivity contribution is 6.13. The topological polar surface area (TPSA) is 72.7 Å². The molecule has 0 aliphatic heterocycles. The number of benzene rings is 2. The fourth-order valence-corrected chi connectivity index (χ4v) is 2.98. The molecule has 1 N–H and O–H groups in total. The molecule has 0 aliphatic rings. The Bertz CT molecular complexity index is 1090. The number of pyridine rings is 1. The molecule has 26 heavy (non-hydrogen) atoms. The molecule has 0 fully saturated rings. The van der Waals surface area contributed by atoms with E-state index in [1.54, 1.807) is 23.3 Å². The maximum absolute atomic E-state index is 12.9. The zero-order valence-electron chi connectivity index (χ0n) is 14.5. The van der Waals surface area contributed by atoms with Crippen molar-refractivity contribution in [1.82, 2.24) is 19.7 Å². The number of rotatable bonds is 3. The number of carbonyl (C=O) groups excluding carboxylic acids is 1. The van der Waals surface area contributed by atoms with Crippen LogP contribution in [0.4, 0.5) is 5.82 Å². The lowest BCUT2D eigenvalue weighted by Gasteiger charge is -2.11. The van der Waals surface area contributed by atoms with E-state index < -0.39 is 0 Å². The number of nitrogens with zero attached hydrogens (tertiary/aromatic N) is 4. The molecule has 2 aromatic heterocycles. The number of carbonyl (C=O) groups is 1. The van der Waals surface area contributed by atoms with E-state index >= 15 is 0 Å². The van der Waals surface area contributed by atoms with Crippen LogP contribution in [0.15, 0.2) is 61.3 Å². The number of aryl methyl sites for hydroxylation is 2. The number of fused-ring (bicyclic) bond motifs is 1. The van der Waals surface area contributed by atoms with Gasteiger partial charge in [-0.25, -0.2) is 14.6 Å². The van der Waals surface area contributed by atoms with E-state index in [9.17, 15) is 4.79 Å². The van der Waals surface area contributed by atoms with Crippen LogP contribution in [0.1, 0.15) is 21.5 Å². The minimum atomic E-state index is -0.169. The Labute approximate surface area is 150 Å². The zero-order chi connectivity index (χ0) is 18.1. The number of hydrogen-bond acceptors (Lipinski definition) is 4. The third kappa shape index (κ3) is 2.93. The summed E-state index contributed by atoms with van der Waals surface area (Å²) in [6, 6.07) is 13.7. The molecule has 1 amide bonds. The standard InChI is InChI=1S/C20H17N5O/c1-13-3-7-17-15(9-13)5-4-14(2)19(17)20(26)24-18-8-6-16(10-22-18)25-12-21-11-23-25/h3-12H,1-2H3,(H,22,24,26). The molecular formula is C20H17N5O. The van der Waals surface area contributed by atoms with Crippen molar-refractivity contribution in [3.63, 3.8) is 0 Å². The van der Waals surface area contributed by atoms with Gasteiger partial charge in [-0.2, -0.15) is 5.10 Å². The molecule has 2 aromatic carbocycles. The van der Waals surface area contributed by atoms with Gasteiger partial charge in [0, 0.05) is 0 Å². The fourth-order valence-electron chi connectivity index (χ4n) is 2.98. The molecular weight excluding hydrogens is 326 g/mol. The van der Waals surface area contributed by atoms with Crippen molar-refractivity contribution in [3.05, 3.63) is 78.0 Å². The van der Waals surface area contributed by atoms with Crippen LogP contribution in [0, 0.1) is 13.8 Å². The quantitative estimate of drug-likeness (QED) is 0.616. The molecule has 0 radical (unpaired) electrons. The first-order valence-corrected chi connectivity index (χ1v) is 8.24. The second-order valence-electron chi connectivity index (χ2n) is 6.18. The predicted octanol–water partition coefficient (Wildman–Crippen LogP) is 3.68. The molecule has 0 bridgehead atoms. The van der Waals surface area contributed by atoms with E-state index in [0.717, 1.165) is 27.6 Å². The molecule has 0 saturated heterocycles. The highest BCUT2D eigenvalue weighted by Crippen LogP contribution is 2.24. The van der Waals surface area contributed by atoms with E-state index in [-0.39, 0.29) is 5.91 Å². The SMILES string of the molecule is Cc1ccc2c(C(=O)Nc3ccc(-n4cncn4)cn3)c(C)ccc2c1. The number of aromatic nitrogens is 4. The second kappa shape index (κ2) is 6.40. The van der Waals surface area contributed by atoms with Crippen molar-refractivity contribution < 1.29 is 4.79 Å². The van der Waals surface area contributed by atoms with Gasteiger partial charge in [-0.1, -0.05) is 35.9 Å². The number of hydrogen-bond donors (Lipinski definition) is 1. The van der Waals surface area contributed by atoms with E-state index in [1.807, 2.05) is 44.2 Å². The monoisotopic (exact) mass is 343 g/mol. The Morgan fingerprint density at radius 2 is 1.96 bits per heavy atom. The summed E-state index contributed by atoms with van der Waals surface area (Å²) in [6.45, 7) is 3.98. The predicted molar refractivity (Wildman–Crippen MR) is 101 cm³/mol.